The molecule has 1 atom stereocenters. The van der Waals surface area contributed by atoms with Gasteiger partial charge in [0.15, 0.2) is 6.61 Å². The Bertz CT molecular complexity index is 716. The molecule has 0 radical (unpaired) electrons. The molecule has 0 bridgehead atoms. The van der Waals surface area contributed by atoms with Gasteiger partial charge in [0.1, 0.15) is 11.9 Å². The smallest absolute Gasteiger partial charge is 0.341 e. The third kappa shape index (κ3) is 3.93. The van der Waals surface area contributed by atoms with Crippen LogP contribution in [0.3, 0.4) is 0 Å². The summed E-state index contributed by atoms with van der Waals surface area (Å²) >= 11 is 1.61. The summed E-state index contributed by atoms with van der Waals surface area (Å²) in [5, 5.41) is 10.7. The highest BCUT2D eigenvalue weighted by Crippen LogP contribution is 2.27. The number of morpholine rings is 1. The van der Waals surface area contributed by atoms with Crippen molar-refractivity contribution in [3.05, 3.63) is 52.2 Å². The second-order valence-electron chi connectivity index (χ2n) is 5.34. The Morgan fingerprint density at radius 3 is 2.96 bits per heavy atom. The molecule has 3 rings (SSSR count). The zero-order valence-corrected chi connectivity index (χ0v) is 13.7. The molecule has 0 saturated carbocycles. The minimum absolute atomic E-state index is 0.103. The number of carbonyl (C=O) groups excluding carboxylic acids is 1. The largest absolute Gasteiger partial charge is 0.482 e. The summed E-state index contributed by atoms with van der Waals surface area (Å²) in [6.07, 6.45) is -0.103. The first-order valence-corrected chi connectivity index (χ1v) is 8.40. The van der Waals surface area contributed by atoms with Crippen LogP contribution in [0.4, 0.5) is 0 Å². The number of hydrogen-bond donors (Lipinski definition) is 1. The maximum Gasteiger partial charge on any atom is 0.341 e. The summed E-state index contributed by atoms with van der Waals surface area (Å²) < 4.78 is 10.9. The van der Waals surface area contributed by atoms with E-state index in [1.807, 2.05) is 17.5 Å². The third-order valence-electron chi connectivity index (χ3n) is 3.66. The fraction of sp³-hybridized carbons (Fsp3) is 0.294. The van der Waals surface area contributed by atoms with Gasteiger partial charge in [0, 0.05) is 17.0 Å². The van der Waals surface area contributed by atoms with Crippen molar-refractivity contribution in [2.24, 2.45) is 0 Å². The number of aliphatic carboxylic acids is 1. The van der Waals surface area contributed by atoms with Gasteiger partial charge in [0.25, 0.3) is 5.91 Å². The molecule has 7 heteroatoms. The van der Waals surface area contributed by atoms with Gasteiger partial charge in [0.05, 0.1) is 13.2 Å². The molecule has 1 aromatic carbocycles. The van der Waals surface area contributed by atoms with Crippen LogP contribution in [0.5, 0.6) is 5.75 Å². The predicted octanol–water partition coefficient (Wildman–Crippen LogP) is 2.43. The molecule has 0 spiro atoms. The van der Waals surface area contributed by atoms with E-state index in [1.54, 1.807) is 40.5 Å². The minimum Gasteiger partial charge on any atom is -0.482 e. The monoisotopic (exact) mass is 347 g/mol. The molecule has 1 aliphatic rings. The van der Waals surface area contributed by atoms with Crippen LogP contribution in [0.25, 0.3) is 0 Å². The van der Waals surface area contributed by atoms with Gasteiger partial charge >= 0.3 is 5.97 Å². The van der Waals surface area contributed by atoms with Crippen molar-refractivity contribution < 1.29 is 24.2 Å². The first kappa shape index (κ1) is 16.5. The zero-order valence-electron chi connectivity index (χ0n) is 12.9. The molecule has 1 aliphatic heterocycles. The molecule has 24 heavy (non-hydrogen) atoms. The Labute approximate surface area is 143 Å². The summed E-state index contributed by atoms with van der Waals surface area (Å²) in [7, 11) is 0. The molecule has 126 valence electrons. The van der Waals surface area contributed by atoms with Gasteiger partial charge in [-0.05, 0) is 29.6 Å². The number of carbonyl (C=O) groups is 2. The van der Waals surface area contributed by atoms with Crippen molar-refractivity contribution >= 4 is 23.2 Å². The molecule has 0 aliphatic carbocycles. The fourth-order valence-corrected chi connectivity index (χ4v) is 3.29. The number of amides is 1. The first-order chi connectivity index (χ1) is 11.6. The number of carboxylic acid groups (broad SMARTS) is 1. The third-order valence-corrected chi connectivity index (χ3v) is 4.62. The van der Waals surface area contributed by atoms with E-state index < -0.39 is 12.6 Å². The standard InChI is InChI=1S/C17H17NO5S/c19-16(20)11-23-13-4-1-3-12(9-13)17(21)18-6-7-22-14(10-18)15-5-2-8-24-15/h1-5,8-9,14H,6-7,10-11H2,(H,19,20). The Morgan fingerprint density at radius 1 is 1.33 bits per heavy atom. The molecule has 1 amide bonds. The van der Waals surface area contributed by atoms with Crippen LogP contribution in [0.15, 0.2) is 41.8 Å². The van der Waals surface area contributed by atoms with Crippen molar-refractivity contribution in [1.82, 2.24) is 4.90 Å². The van der Waals surface area contributed by atoms with E-state index in [-0.39, 0.29) is 12.0 Å². The average molecular weight is 347 g/mol. The number of hydrogen-bond acceptors (Lipinski definition) is 5. The van der Waals surface area contributed by atoms with E-state index in [4.69, 9.17) is 14.6 Å². The molecule has 6 nitrogen and oxygen atoms in total. The molecule has 2 aromatic rings. The van der Waals surface area contributed by atoms with Gasteiger partial charge in [-0.15, -0.1) is 11.3 Å². The lowest BCUT2D eigenvalue weighted by Gasteiger charge is -2.32. The fourth-order valence-electron chi connectivity index (χ4n) is 2.53. The van der Waals surface area contributed by atoms with Gasteiger partial charge in [-0.25, -0.2) is 4.79 Å². The second-order valence-corrected chi connectivity index (χ2v) is 6.32. The zero-order chi connectivity index (χ0) is 16.9. The van der Waals surface area contributed by atoms with Crippen LogP contribution < -0.4 is 4.74 Å². The van der Waals surface area contributed by atoms with E-state index in [1.165, 1.54) is 0 Å². The summed E-state index contributed by atoms with van der Waals surface area (Å²) in [6, 6.07) is 10.6. The van der Waals surface area contributed by atoms with Gasteiger partial charge in [-0.2, -0.15) is 0 Å². The molecule has 1 saturated heterocycles. The van der Waals surface area contributed by atoms with E-state index in [9.17, 15) is 9.59 Å². The van der Waals surface area contributed by atoms with Crippen LogP contribution in [-0.2, 0) is 9.53 Å². The minimum atomic E-state index is -1.06. The topological polar surface area (TPSA) is 76.1 Å². The quantitative estimate of drug-likeness (QED) is 0.899. The van der Waals surface area contributed by atoms with Crippen molar-refractivity contribution in [3.8, 4) is 5.75 Å². The van der Waals surface area contributed by atoms with Crippen molar-refractivity contribution in [3.63, 3.8) is 0 Å². The molecule has 2 heterocycles. The number of thiophene rings is 1. The highest BCUT2D eigenvalue weighted by molar-refractivity contribution is 7.10. The maximum absolute atomic E-state index is 12.7. The van der Waals surface area contributed by atoms with Gasteiger partial charge in [0.2, 0.25) is 0 Å². The van der Waals surface area contributed by atoms with Crippen molar-refractivity contribution in [2.75, 3.05) is 26.3 Å². The lowest BCUT2D eigenvalue weighted by Crippen LogP contribution is -2.42. The maximum atomic E-state index is 12.7. The molecular formula is C17H17NO5S. The highest BCUT2D eigenvalue weighted by Gasteiger charge is 2.26. The van der Waals surface area contributed by atoms with E-state index in [0.717, 1.165) is 4.88 Å². The van der Waals surface area contributed by atoms with Crippen LogP contribution in [-0.4, -0.2) is 48.2 Å². The van der Waals surface area contributed by atoms with Crippen molar-refractivity contribution in [1.29, 1.82) is 0 Å². The molecule has 1 unspecified atom stereocenters. The van der Waals surface area contributed by atoms with Gasteiger partial charge < -0.3 is 19.5 Å². The lowest BCUT2D eigenvalue weighted by atomic mass is 10.1. The molecule has 1 N–H and O–H groups in total. The van der Waals surface area contributed by atoms with Gasteiger partial charge in [-0.3, -0.25) is 4.79 Å². The van der Waals surface area contributed by atoms with Crippen LogP contribution in [0, 0.1) is 0 Å². The van der Waals surface area contributed by atoms with Crippen molar-refractivity contribution in [2.45, 2.75) is 6.10 Å². The molecule has 1 fully saturated rings. The Kier molecular flexibility index (Phi) is 5.12. The van der Waals surface area contributed by atoms with Crippen LogP contribution in [0.2, 0.25) is 0 Å². The Hall–Kier alpha value is -2.38. The number of carboxylic acids is 1. The SMILES string of the molecule is O=C(O)COc1cccc(C(=O)N2CCOC(c3cccs3)C2)c1. The molecular weight excluding hydrogens is 330 g/mol. The predicted molar refractivity (Wildman–Crippen MR) is 88.5 cm³/mol. The first-order valence-electron chi connectivity index (χ1n) is 7.52. The van der Waals surface area contributed by atoms with E-state index >= 15 is 0 Å². The molecule has 1 aromatic heterocycles. The summed E-state index contributed by atoms with van der Waals surface area (Å²) in [5.74, 6) is -0.800. The highest BCUT2D eigenvalue weighted by atomic mass is 32.1. The summed E-state index contributed by atoms with van der Waals surface area (Å²) in [5.41, 5.74) is 0.477. The normalized spacial score (nSPS) is 17.5. The number of ether oxygens (including phenoxy) is 2. The van der Waals surface area contributed by atoms with Crippen LogP contribution in [0.1, 0.15) is 21.3 Å². The lowest BCUT2D eigenvalue weighted by molar-refractivity contribution is -0.139. The summed E-state index contributed by atoms with van der Waals surface area (Å²) in [4.78, 5) is 26.1. The van der Waals surface area contributed by atoms with E-state index in [2.05, 4.69) is 0 Å². The number of nitrogens with zero attached hydrogens (tertiary/aromatic N) is 1. The Morgan fingerprint density at radius 2 is 2.21 bits per heavy atom. The van der Waals surface area contributed by atoms with E-state index in [0.29, 0.717) is 31.0 Å². The average Bonchev–Trinajstić information content (AvgIpc) is 3.14. The second kappa shape index (κ2) is 7.46. The number of rotatable bonds is 5. The summed E-state index contributed by atoms with van der Waals surface area (Å²) in [6.45, 7) is 1.08. The number of benzene rings is 1. The van der Waals surface area contributed by atoms with Crippen LogP contribution >= 0.6 is 11.3 Å². The Balaban J connectivity index is 1.69. The van der Waals surface area contributed by atoms with Gasteiger partial charge in [-0.1, -0.05) is 12.1 Å².